The Kier molecular flexibility index (Phi) is 4.57. The number of benzene rings is 1. The Balaban J connectivity index is 1.95. The van der Waals surface area contributed by atoms with E-state index >= 15 is 0 Å². The van der Waals surface area contributed by atoms with Crippen LogP contribution in [0.5, 0.6) is 0 Å². The van der Waals surface area contributed by atoms with E-state index in [4.69, 9.17) is 10.2 Å². The Morgan fingerprint density at radius 3 is 3.05 bits per heavy atom. The summed E-state index contributed by atoms with van der Waals surface area (Å²) < 4.78 is 5.62. The molecule has 1 aromatic carbocycles. The highest BCUT2D eigenvalue weighted by molar-refractivity contribution is 5.78. The number of amides is 1. The van der Waals surface area contributed by atoms with Crippen molar-refractivity contribution in [2.24, 2.45) is 0 Å². The zero-order valence-corrected chi connectivity index (χ0v) is 11.8. The van der Waals surface area contributed by atoms with Gasteiger partial charge in [0.15, 0.2) is 5.58 Å². The van der Waals surface area contributed by atoms with Crippen molar-refractivity contribution in [2.45, 2.75) is 19.9 Å². The van der Waals surface area contributed by atoms with E-state index in [1.165, 1.54) is 0 Å². The van der Waals surface area contributed by atoms with Gasteiger partial charge in [0, 0.05) is 18.3 Å². The van der Waals surface area contributed by atoms with Crippen molar-refractivity contribution < 1.29 is 9.21 Å². The van der Waals surface area contributed by atoms with Crippen molar-refractivity contribution in [3.63, 3.8) is 0 Å². The van der Waals surface area contributed by atoms with Crippen LogP contribution >= 0.6 is 0 Å². The van der Waals surface area contributed by atoms with Crippen molar-refractivity contribution in [1.29, 1.82) is 0 Å². The van der Waals surface area contributed by atoms with Gasteiger partial charge in [0.05, 0.1) is 13.1 Å². The molecule has 1 amide bonds. The number of rotatable bonds is 6. The predicted octanol–water partition coefficient (Wildman–Crippen LogP) is 1.37. The molecule has 0 saturated heterocycles. The standard InChI is InChI=1S/C14H20N4O2/c1-3-6-16-13(19)8-18(2)9-14-17-11-5-4-10(15)7-12(11)20-14/h4-5,7H,3,6,8-9,15H2,1-2H3,(H,16,19). The third-order valence-electron chi connectivity index (χ3n) is 2.85. The number of hydrogen-bond donors (Lipinski definition) is 2. The molecule has 0 aliphatic heterocycles. The highest BCUT2D eigenvalue weighted by atomic mass is 16.3. The van der Waals surface area contributed by atoms with Gasteiger partial charge >= 0.3 is 0 Å². The molecule has 6 heteroatoms. The van der Waals surface area contributed by atoms with Crippen LogP contribution in [0.25, 0.3) is 11.1 Å². The van der Waals surface area contributed by atoms with E-state index in [0.29, 0.717) is 36.8 Å². The average Bonchev–Trinajstić information content (AvgIpc) is 2.77. The molecule has 1 heterocycles. The molecular formula is C14H20N4O2. The van der Waals surface area contributed by atoms with Crippen molar-refractivity contribution in [3.8, 4) is 0 Å². The van der Waals surface area contributed by atoms with E-state index in [1.807, 2.05) is 24.9 Å². The smallest absolute Gasteiger partial charge is 0.234 e. The summed E-state index contributed by atoms with van der Waals surface area (Å²) in [6.07, 6.45) is 0.933. The van der Waals surface area contributed by atoms with Crippen LogP contribution in [0.3, 0.4) is 0 Å². The first-order valence-electron chi connectivity index (χ1n) is 6.68. The molecular weight excluding hydrogens is 256 g/mol. The minimum absolute atomic E-state index is 0.00899. The third-order valence-corrected chi connectivity index (χ3v) is 2.85. The Bertz CT molecular complexity index is 594. The molecule has 6 nitrogen and oxygen atoms in total. The lowest BCUT2D eigenvalue weighted by atomic mass is 10.3. The second kappa shape index (κ2) is 6.38. The number of anilines is 1. The Labute approximate surface area is 117 Å². The van der Waals surface area contributed by atoms with E-state index in [9.17, 15) is 4.79 Å². The lowest BCUT2D eigenvalue weighted by Crippen LogP contribution is -2.35. The minimum atomic E-state index is 0.00899. The van der Waals surface area contributed by atoms with Gasteiger partial charge < -0.3 is 15.5 Å². The van der Waals surface area contributed by atoms with Gasteiger partial charge in [0.1, 0.15) is 5.52 Å². The number of nitrogens with zero attached hydrogens (tertiary/aromatic N) is 2. The number of carbonyl (C=O) groups excluding carboxylic acids is 1. The number of nitrogens with two attached hydrogens (primary N) is 1. The number of fused-ring (bicyclic) bond motifs is 1. The highest BCUT2D eigenvalue weighted by Gasteiger charge is 2.11. The summed E-state index contributed by atoms with van der Waals surface area (Å²) in [6, 6.07) is 5.36. The fraction of sp³-hybridized carbons (Fsp3) is 0.429. The molecule has 0 spiro atoms. The summed E-state index contributed by atoms with van der Waals surface area (Å²) >= 11 is 0. The molecule has 0 fully saturated rings. The van der Waals surface area contributed by atoms with Crippen molar-refractivity contribution >= 4 is 22.7 Å². The maximum atomic E-state index is 11.6. The number of aromatic nitrogens is 1. The van der Waals surface area contributed by atoms with Crippen molar-refractivity contribution in [2.75, 3.05) is 25.9 Å². The molecule has 20 heavy (non-hydrogen) atoms. The second-order valence-corrected chi connectivity index (χ2v) is 4.86. The van der Waals surface area contributed by atoms with Gasteiger partial charge in [-0.1, -0.05) is 6.92 Å². The number of likely N-dealkylation sites (N-methyl/N-ethyl adjacent to an activating group) is 1. The van der Waals surface area contributed by atoms with Crippen LogP contribution < -0.4 is 11.1 Å². The molecule has 0 radical (unpaired) electrons. The zero-order valence-electron chi connectivity index (χ0n) is 11.8. The molecule has 2 aromatic rings. The summed E-state index contributed by atoms with van der Waals surface area (Å²) in [4.78, 5) is 17.8. The molecule has 0 atom stereocenters. The topological polar surface area (TPSA) is 84.4 Å². The van der Waals surface area contributed by atoms with E-state index < -0.39 is 0 Å². The summed E-state index contributed by atoms with van der Waals surface area (Å²) in [5, 5.41) is 2.83. The Morgan fingerprint density at radius 1 is 1.50 bits per heavy atom. The lowest BCUT2D eigenvalue weighted by Gasteiger charge is -2.13. The first-order valence-corrected chi connectivity index (χ1v) is 6.68. The molecule has 0 bridgehead atoms. The molecule has 0 aliphatic carbocycles. The van der Waals surface area contributed by atoms with Crippen LogP contribution in [-0.2, 0) is 11.3 Å². The average molecular weight is 276 g/mol. The second-order valence-electron chi connectivity index (χ2n) is 4.86. The third kappa shape index (κ3) is 3.71. The summed E-state index contributed by atoms with van der Waals surface area (Å²) in [5.41, 5.74) is 7.79. The SMILES string of the molecule is CCCNC(=O)CN(C)Cc1nc2ccc(N)cc2o1. The summed E-state index contributed by atoms with van der Waals surface area (Å²) in [7, 11) is 1.86. The van der Waals surface area contributed by atoms with Crippen LogP contribution in [0, 0.1) is 0 Å². The van der Waals surface area contributed by atoms with Crippen LogP contribution in [0.4, 0.5) is 5.69 Å². The largest absolute Gasteiger partial charge is 0.439 e. The van der Waals surface area contributed by atoms with Gasteiger partial charge in [0.2, 0.25) is 11.8 Å². The highest BCUT2D eigenvalue weighted by Crippen LogP contribution is 2.18. The quantitative estimate of drug-likeness (QED) is 0.778. The number of nitrogens with one attached hydrogen (secondary N) is 1. The van der Waals surface area contributed by atoms with E-state index in [1.54, 1.807) is 12.1 Å². The molecule has 108 valence electrons. The predicted molar refractivity (Wildman–Crippen MR) is 78.1 cm³/mol. The van der Waals surface area contributed by atoms with E-state index in [0.717, 1.165) is 11.9 Å². The monoisotopic (exact) mass is 276 g/mol. The van der Waals surface area contributed by atoms with Gasteiger partial charge in [-0.15, -0.1) is 0 Å². The molecule has 2 rings (SSSR count). The van der Waals surface area contributed by atoms with Crippen LogP contribution in [0.2, 0.25) is 0 Å². The Hall–Kier alpha value is -2.08. The van der Waals surface area contributed by atoms with Gasteiger partial charge in [-0.3, -0.25) is 9.69 Å². The number of oxazole rings is 1. The normalized spacial score (nSPS) is 11.2. The maximum absolute atomic E-state index is 11.6. The number of nitrogen functional groups attached to an aromatic ring is 1. The van der Waals surface area contributed by atoms with Crippen LogP contribution in [0.15, 0.2) is 22.6 Å². The molecule has 3 N–H and O–H groups in total. The first kappa shape index (κ1) is 14.3. The van der Waals surface area contributed by atoms with Gasteiger partial charge in [-0.2, -0.15) is 0 Å². The zero-order chi connectivity index (χ0) is 14.5. The lowest BCUT2D eigenvalue weighted by molar-refractivity contribution is -0.122. The molecule has 0 saturated carbocycles. The van der Waals surface area contributed by atoms with Gasteiger partial charge in [-0.25, -0.2) is 4.98 Å². The molecule has 1 aromatic heterocycles. The summed E-state index contributed by atoms with van der Waals surface area (Å²) in [6.45, 7) is 3.53. The number of carbonyl (C=O) groups is 1. The molecule has 0 unspecified atom stereocenters. The number of hydrogen-bond acceptors (Lipinski definition) is 5. The van der Waals surface area contributed by atoms with Crippen LogP contribution in [0.1, 0.15) is 19.2 Å². The van der Waals surface area contributed by atoms with E-state index in [2.05, 4.69) is 10.3 Å². The first-order chi connectivity index (χ1) is 9.58. The van der Waals surface area contributed by atoms with E-state index in [-0.39, 0.29) is 5.91 Å². The van der Waals surface area contributed by atoms with Gasteiger partial charge in [0.25, 0.3) is 0 Å². The van der Waals surface area contributed by atoms with Gasteiger partial charge in [-0.05, 0) is 25.6 Å². The van der Waals surface area contributed by atoms with Crippen molar-refractivity contribution in [3.05, 3.63) is 24.1 Å². The van der Waals surface area contributed by atoms with Crippen LogP contribution in [-0.4, -0.2) is 35.9 Å². The minimum Gasteiger partial charge on any atom is -0.439 e. The maximum Gasteiger partial charge on any atom is 0.234 e. The Morgan fingerprint density at radius 2 is 2.30 bits per heavy atom. The fourth-order valence-corrected chi connectivity index (χ4v) is 1.91. The molecule has 0 aliphatic rings. The van der Waals surface area contributed by atoms with Crippen molar-refractivity contribution in [1.82, 2.24) is 15.2 Å². The fourth-order valence-electron chi connectivity index (χ4n) is 1.91. The summed E-state index contributed by atoms with van der Waals surface area (Å²) in [5.74, 6) is 0.589.